The van der Waals surface area contributed by atoms with E-state index in [9.17, 15) is 24.9 Å². The summed E-state index contributed by atoms with van der Waals surface area (Å²) in [4.78, 5) is 29.4. The number of aliphatic hydroxyl groups is 3. The lowest BCUT2D eigenvalue weighted by atomic mass is 9.43. The SMILES string of the molecule is C[C@H](CCC(=O)N1CCN(C(=O)c2ccco2)CC1)[C@H]1CCC2C3C(C[C@H](O)[C@@]21C)[C@@]1(C)CC[C@@H](O)CC1C[C@H]3O. The first-order valence-corrected chi connectivity index (χ1v) is 16.2. The normalized spacial score (nSPS) is 43.2. The molecular weight excluding hydrogens is 520 g/mol. The highest BCUT2D eigenvalue weighted by molar-refractivity contribution is 5.91. The maximum atomic E-state index is 13.2. The van der Waals surface area contributed by atoms with Crippen LogP contribution in [0.2, 0.25) is 0 Å². The molecule has 0 bridgehead atoms. The molecule has 8 nitrogen and oxygen atoms in total. The second-order valence-corrected chi connectivity index (χ2v) is 14.7. The Hall–Kier alpha value is -1.90. The molecule has 41 heavy (non-hydrogen) atoms. The van der Waals surface area contributed by atoms with Gasteiger partial charge in [-0.25, -0.2) is 0 Å². The molecule has 0 radical (unpaired) electrons. The number of piperazine rings is 1. The zero-order valence-corrected chi connectivity index (χ0v) is 25.1. The van der Waals surface area contributed by atoms with Gasteiger partial charge < -0.3 is 29.5 Å². The molecule has 5 fully saturated rings. The standard InChI is InChI=1S/C33H50N2O6/c1-20(6-9-29(39)34-12-14-35(15-13-34)31(40)27-5-4-16-41-27)23-7-8-24-30-25(19-28(38)33(23,24)3)32(2)11-10-22(36)17-21(32)18-26(30)37/h4-5,16,20-26,28,30,36-38H,6-15,17-19H2,1-3H3/t20-,21?,22-,23-,24?,25?,26-,28+,30?,32+,33-/m1/s1. The summed E-state index contributed by atoms with van der Waals surface area (Å²) < 4.78 is 5.24. The fourth-order valence-electron chi connectivity index (χ4n) is 10.6. The van der Waals surface area contributed by atoms with Crippen molar-refractivity contribution < 1.29 is 29.3 Å². The van der Waals surface area contributed by atoms with Crippen molar-refractivity contribution in [3.05, 3.63) is 24.2 Å². The van der Waals surface area contributed by atoms with Crippen molar-refractivity contribution >= 4 is 11.8 Å². The molecule has 6 rings (SSSR count). The minimum atomic E-state index is -0.409. The van der Waals surface area contributed by atoms with Crippen LogP contribution in [-0.4, -0.2) is 81.4 Å². The number of hydrogen-bond acceptors (Lipinski definition) is 6. The zero-order valence-electron chi connectivity index (χ0n) is 25.1. The summed E-state index contributed by atoms with van der Waals surface area (Å²) in [6.45, 7) is 9.00. The minimum Gasteiger partial charge on any atom is -0.459 e. The number of aliphatic hydroxyl groups excluding tert-OH is 3. The first kappa shape index (κ1) is 29.2. The third-order valence-electron chi connectivity index (χ3n) is 13.0. The molecule has 1 aromatic heterocycles. The van der Waals surface area contributed by atoms with Crippen LogP contribution < -0.4 is 0 Å². The first-order chi connectivity index (χ1) is 19.5. The third kappa shape index (κ3) is 4.86. The van der Waals surface area contributed by atoms with Gasteiger partial charge in [-0.05, 0) is 110 Å². The lowest BCUT2D eigenvalue weighted by Gasteiger charge is -2.63. The van der Waals surface area contributed by atoms with Crippen LogP contribution >= 0.6 is 0 Å². The molecular formula is C33H50N2O6. The molecule has 4 unspecified atom stereocenters. The fourth-order valence-corrected chi connectivity index (χ4v) is 10.6. The predicted octanol–water partition coefficient (Wildman–Crippen LogP) is 3.94. The van der Waals surface area contributed by atoms with Gasteiger partial charge in [-0.1, -0.05) is 20.8 Å². The number of carbonyl (C=O) groups excluding carboxylic acids is 2. The highest BCUT2D eigenvalue weighted by atomic mass is 16.3. The van der Waals surface area contributed by atoms with E-state index in [4.69, 9.17) is 4.42 Å². The van der Waals surface area contributed by atoms with E-state index in [0.29, 0.717) is 67.9 Å². The second kappa shape index (κ2) is 11.0. The zero-order chi connectivity index (χ0) is 29.1. The van der Waals surface area contributed by atoms with Gasteiger partial charge in [0.15, 0.2) is 5.76 Å². The van der Waals surface area contributed by atoms with E-state index in [-0.39, 0.29) is 40.8 Å². The highest BCUT2D eigenvalue weighted by Gasteiger charge is 2.65. The Balaban J connectivity index is 1.07. The Kier molecular flexibility index (Phi) is 7.82. The molecule has 8 heteroatoms. The molecule has 4 aliphatic carbocycles. The van der Waals surface area contributed by atoms with E-state index in [1.807, 2.05) is 4.90 Å². The fraction of sp³-hybridized carbons (Fsp3) is 0.818. The summed E-state index contributed by atoms with van der Waals surface area (Å²) >= 11 is 0. The molecule has 228 valence electrons. The number of nitrogens with zero attached hydrogens (tertiary/aromatic N) is 2. The lowest BCUT2D eigenvalue weighted by molar-refractivity contribution is -0.207. The van der Waals surface area contributed by atoms with Crippen molar-refractivity contribution in [3.8, 4) is 0 Å². The number of amides is 2. The van der Waals surface area contributed by atoms with Gasteiger partial charge in [0, 0.05) is 32.6 Å². The number of carbonyl (C=O) groups is 2. The molecule has 0 aromatic carbocycles. The lowest BCUT2D eigenvalue weighted by Crippen LogP contribution is -2.62. The summed E-state index contributed by atoms with van der Waals surface area (Å²) in [5.74, 6) is 2.11. The maximum Gasteiger partial charge on any atom is 0.289 e. The van der Waals surface area contributed by atoms with E-state index in [1.165, 1.54) is 6.26 Å². The summed E-state index contributed by atoms with van der Waals surface area (Å²) in [6.07, 6.45) is 7.90. The monoisotopic (exact) mass is 570 g/mol. The van der Waals surface area contributed by atoms with Crippen LogP contribution in [-0.2, 0) is 4.79 Å². The first-order valence-electron chi connectivity index (χ1n) is 16.2. The number of furan rings is 1. The maximum absolute atomic E-state index is 13.2. The number of fused-ring (bicyclic) bond motifs is 5. The molecule has 3 N–H and O–H groups in total. The van der Waals surface area contributed by atoms with Crippen LogP contribution in [0.4, 0.5) is 0 Å². The predicted molar refractivity (Wildman–Crippen MR) is 154 cm³/mol. The summed E-state index contributed by atoms with van der Waals surface area (Å²) in [5, 5.41) is 33.7. The van der Waals surface area contributed by atoms with Crippen molar-refractivity contribution in [1.29, 1.82) is 0 Å². The van der Waals surface area contributed by atoms with Crippen LogP contribution in [0, 0.1) is 46.3 Å². The Morgan fingerprint density at radius 1 is 1.00 bits per heavy atom. The van der Waals surface area contributed by atoms with E-state index in [1.54, 1.807) is 17.0 Å². The molecule has 2 amide bonds. The van der Waals surface area contributed by atoms with Gasteiger partial charge in [0.1, 0.15) is 0 Å². The van der Waals surface area contributed by atoms with E-state index in [2.05, 4.69) is 20.8 Å². The van der Waals surface area contributed by atoms with Crippen molar-refractivity contribution in [2.45, 2.75) is 96.9 Å². The van der Waals surface area contributed by atoms with Crippen molar-refractivity contribution in [1.82, 2.24) is 9.80 Å². The molecule has 4 saturated carbocycles. The molecule has 11 atom stereocenters. The van der Waals surface area contributed by atoms with Gasteiger partial charge in [0.25, 0.3) is 5.91 Å². The van der Waals surface area contributed by atoms with Crippen molar-refractivity contribution in [3.63, 3.8) is 0 Å². The summed E-state index contributed by atoms with van der Waals surface area (Å²) in [6, 6.07) is 3.38. The number of rotatable bonds is 5. The van der Waals surface area contributed by atoms with Crippen LogP contribution in [0.25, 0.3) is 0 Å². The molecule has 1 aromatic rings. The highest BCUT2D eigenvalue weighted by Crippen LogP contribution is 2.68. The third-order valence-corrected chi connectivity index (χ3v) is 13.0. The summed E-state index contributed by atoms with van der Waals surface area (Å²) in [5.41, 5.74) is -0.173. The molecule has 2 heterocycles. The molecule has 1 aliphatic heterocycles. The van der Waals surface area contributed by atoms with Crippen LogP contribution in [0.15, 0.2) is 22.8 Å². The van der Waals surface area contributed by atoms with Gasteiger partial charge in [-0.15, -0.1) is 0 Å². The topological polar surface area (TPSA) is 114 Å². The number of hydrogen-bond donors (Lipinski definition) is 3. The van der Waals surface area contributed by atoms with Gasteiger partial charge in [-0.2, -0.15) is 0 Å². The van der Waals surface area contributed by atoms with Crippen LogP contribution in [0.1, 0.15) is 89.1 Å². The van der Waals surface area contributed by atoms with Gasteiger partial charge in [0.05, 0.1) is 24.6 Å². The van der Waals surface area contributed by atoms with Crippen LogP contribution in [0.5, 0.6) is 0 Å². The average molecular weight is 571 g/mol. The second-order valence-electron chi connectivity index (χ2n) is 14.7. The van der Waals surface area contributed by atoms with Gasteiger partial charge >= 0.3 is 0 Å². The van der Waals surface area contributed by atoms with Crippen molar-refractivity contribution in [2.24, 2.45) is 46.3 Å². The van der Waals surface area contributed by atoms with E-state index >= 15 is 0 Å². The minimum absolute atomic E-state index is 0.0775. The quantitative estimate of drug-likeness (QED) is 0.494. The molecule has 5 aliphatic rings. The average Bonchev–Trinajstić information content (AvgIpc) is 3.62. The Morgan fingerprint density at radius 3 is 2.44 bits per heavy atom. The van der Waals surface area contributed by atoms with Crippen molar-refractivity contribution in [2.75, 3.05) is 26.2 Å². The van der Waals surface area contributed by atoms with Gasteiger partial charge in [-0.3, -0.25) is 9.59 Å². The Labute approximate surface area is 244 Å². The molecule has 1 saturated heterocycles. The largest absolute Gasteiger partial charge is 0.459 e. The van der Waals surface area contributed by atoms with E-state index in [0.717, 1.165) is 51.4 Å². The Bertz CT molecular complexity index is 1100. The smallest absolute Gasteiger partial charge is 0.289 e. The molecule has 0 spiro atoms. The van der Waals surface area contributed by atoms with E-state index < -0.39 is 6.10 Å². The van der Waals surface area contributed by atoms with Crippen LogP contribution in [0.3, 0.4) is 0 Å². The summed E-state index contributed by atoms with van der Waals surface area (Å²) in [7, 11) is 0. The van der Waals surface area contributed by atoms with Gasteiger partial charge in [0.2, 0.25) is 5.91 Å². The Morgan fingerprint density at radius 2 is 1.73 bits per heavy atom.